The third-order valence-electron chi connectivity index (χ3n) is 4.03. The Labute approximate surface area is 156 Å². The van der Waals surface area contributed by atoms with E-state index in [0.29, 0.717) is 30.9 Å². The largest absolute Gasteiger partial charge is 0.366 e. The number of aromatic nitrogens is 1. The summed E-state index contributed by atoms with van der Waals surface area (Å²) in [6.45, 7) is 0.964. The molecule has 4 nitrogen and oxygen atoms in total. The first kappa shape index (κ1) is 18.5. The van der Waals surface area contributed by atoms with Gasteiger partial charge in [0.1, 0.15) is 17.5 Å². The van der Waals surface area contributed by atoms with E-state index in [1.807, 2.05) is 0 Å². The van der Waals surface area contributed by atoms with Crippen molar-refractivity contribution in [2.75, 3.05) is 11.9 Å². The normalized spacial score (nSPS) is 10.4. The van der Waals surface area contributed by atoms with Crippen LogP contribution in [0.25, 0.3) is 0 Å². The van der Waals surface area contributed by atoms with Gasteiger partial charge >= 0.3 is 0 Å². The minimum Gasteiger partial charge on any atom is -0.366 e. The van der Waals surface area contributed by atoms with Gasteiger partial charge < -0.3 is 10.6 Å². The molecule has 138 valence electrons. The van der Waals surface area contributed by atoms with Crippen LogP contribution in [-0.2, 0) is 13.0 Å². The standard InChI is InChI=1S/C21H19F2N3O/c22-18-6-1-15(2-7-18)11-12-24-21(27)17-5-10-20(26-14-17)25-13-16-3-8-19(23)9-4-16/h1-10,14H,11-13H2,(H,24,27)(H,25,26). The van der Waals surface area contributed by atoms with E-state index in [9.17, 15) is 13.6 Å². The van der Waals surface area contributed by atoms with Gasteiger partial charge in [-0.05, 0) is 53.9 Å². The smallest absolute Gasteiger partial charge is 0.252 e. The average molecular weight is 367 g/mol. The van der Waals surface area contributed by atoms with Crippen LogP contribution in [0.2, 0.25) is 0 Å². The summed E-state index contributed by atoms with van der Waals surface area (Å²) in [7, 11) is 0. The van der Waals surface area contributed by atoms with Crippen LogP contribution in [0.5, 0.6) is 0 Å². The predicted molar refractivity (Wildman–Crippen MR) is 100 cm³/mol. The molecular weight excluding hydrogens is 348 g/mol. The number of carbonyl (C=O) groups excluding carboxylic acids is 1. The molecule has 0 fully saturated rings. The lowest BCUT2D eigenvalue weighted by Crippen LogP contribution is -2.25. The van der Waals surface area contributed by atoms with Crippen molar-refractivity contribution in [1.29, 1.82) is 0 Å². The Bertz CT molecular complexity index is 879. The third kappa shape index (κ3) is 5.60. The van der Waals surface area contributed by atoms with Crippen LogP contribution in [0.15, 0.2) is 66.9 Å². The number of pyridine rings is 1. The van der Waals surface area contributed by atoms with E-state index in [2.05, 4.69) is 15.6 Å². The molecule has 6 heteroatoms. The van der Waals surface area contributed by atoms with E-state index in [1.165, 1.54) is 30.5 Å². The maximum absolute atomic E-state index is 12.9. The van der Waals surface area contributed by atoms with Crippen LogP contribution in [0.3, 0.4) is 0 Å². The number of benzene rings is 2. The Morgan fingerprint density at radius 1 is 0.852 bits per heavy atom. The lowest BCUT2D eigenvalue weighted by atomic mass is 10.1. The number of nitrogens with zero attached hydrogens (tertiary/aromatic N) is 1. The number of hydrogen-bond acceptors (Lipinski definition) is 3. The second-order valence-electron chi connectivity index (χ2n) is 6.04. The molecule has 0 aliphatic heterocycles. The number of hydrogen-bond donors (Lipinski definition) is 2. The molecule has 27 heavy (non-hydrogen) atoms. The summed E-state index contributed by atoms with van der Waals surface area (Å²) < 4.78 is 25.7. The fraction of sp³-hybridized carbons (Fsp3) is 0.143. The summed E-state index contributed by atoms with van der Waals surface area (Å²) >= 11 is 0. The second-order valence-corrected chi connectivity index (χ2v) is 6.04. The number of carbonyl (C=O) groups is 1. The van der Waals surface area contributed by atoms with Crippen molar-refractivity contribution < 1.29 is 13.6 Å². The van der Waals surface area contributed by atoms with Gasteiger partial charge in [-0.3, -0.25) is 4.79 Å². The molecule has 0 aliphatic carbocycles. The maximum Gasteiger partial charge on any atom is 0.252 e. The molecule has 0 radical (unpaired) electrons. The monoisotopic (exact) mass is 367 g/mol. The zero-order chi connectivity index (χ0) is 19.1. The summed E-state index contributed by atoms with van der Waals surface area (Å²) in [5.41, 5.74) is 2.34. The Morgan fingerprint density at radius 2 is 1.48 bits per heavy atom. The van der Waals surface area contributed by atoms with Crippen molar-refractivity contribution in [2.24, 2.45) is 0 Å². The van der Waals surface area contributed by atoms with Crippen LogP contribution in [0.4, 0.5) is 14.6 Å². The van der Waals surface area contributed by atoms with Crippen molar-refractivity contribution in [3.05, 3.63) is 95.2 Å². The molecule has 0 spiro atoms. The van der Waals surface area contributed by atoms with Crippen LogP contribution in [0, 0.1) is 11.6 Å². The molecule has 0 bridgehead atoms. The van der Waals surface area contributed by atoms with Gasteiger partial charge in [-0.1, -0.05) is 24.3 Å². The summed E-state index contributed by atoms with van der Waals surface area (Å²) in [6.07, 6.45) is 2.12. The first-order valence-electron chi connectivity index (χ1n) is 8.57. The molecule has 0 unspecified atom stereocenters. The highest BCUT2D eigenvalue weighted by atomic mass is 19.1. The molecule has 1 heterocycles. The maximum atomic E-state index is 12.9. The molecule has 0 saturated heterocycles. The van der Waals surface area contributed by atoms with Gasteiger partial charge in [-0.15, -0.1) is 0 Å². The van der Waals surface area contributed by atoms with E-state index in [-0.39, 0.29) is 17.5 Å². The van der Waals surface area contributed by atoms with Gasteiger partial charge in [-0.2, -0.15) is 0 Å². The predicted octanol–water partition coefficient (Wildman–Crippen LogP) is 3.94. The Hall–Kier alpha value is -3.28. The zero-order valence-electron chi connectivity index (χ0n) is 14.6. The van der Waals surface area contributed by atoms with Gasteiger partial charge in [-0.25, -0.2) is 13.8 Å². The third-order valence-corrected chi connectivity index (χ3v) is 4.03. The van der Waals surface area contributed by atoms with Gasteiger partial charge in [0.25, 0.3) is 5.91 Å². The summed E-state index contributed by atoms with van der Waals surface area (Å²) in [5, 5.41) is 5.94. The molecule has 2 N–H and O–H groups in total. The van der Waals surface area contributed by atoms with Gasteiger partial charge in [0.2, 0.25) is 0 Å². The first-order valence-corrected chi connectivity index (χ1v) is 8.57. The number of rotatable bonds is 7. The summed E-state index contributed by atoms with van der Waals surface area (Å²) in [5.74, 6) is -0.134. The Kier molecular flexibility index (Phi) is 6.10. The number of anilines is 1. The highest BCUT2D eigenvalue weighted by Crippen LogP contribution is 2.09. The number of amides is 1. The molecule has 2 aromatic carbocycles. The van der Waals surface area contributed by atoms with E-state index in [0.717, 1.165) is 11.1 Å². The van der Waals surface area contributed by atoms with E-state index in [4.69, 9.17) is 0 Å². The van der Waals surface area contributed by atoms with Crippen LogP contribution in [-0.4, -0.2) is 17.4 Å². The van der Waals surface area contributed by atoms with Crippen molar-refractivity contribution in [3.63, 3.8) is 0 Å². The van der Waals surface area contributed by atoms with E-state index < -0.39 is 0 Å². The summed E-state index contributed by atoms with van der Waals surface area (Å²) in [6, 6.07) is 15.8. The van der Waals surface area contributed by atoms with Crippen molar-refractivity contribution in [2.45, 2.75) is 13.0 Å². The van der Waals surface area contributed by atoms with Gasteiger partial charge in [0.15, 0.2) is 0 Å². The fourth-order valence-corrected chi connectivity index (χ4v) is 2.50. The SMILES string of the molecule is O=C(NCCc1ccc(F)cc1)c1ccc(NCc2ccc(F)cc2)nc1. The molecule has 1 aromatic heterocycles. The lowest BCUT2D eigenvalue weighted by molar-refractivity contribution is 0.0954. The highest BCUT2D eigenvalue weighted by molar-refractivity contribution is 5.94. The second kappa shape index (κ2) is 8.89. The molecule has 0 atom stereocenters. The molecule has 1 amide bonds. The van der Waals surface area contributed by atoms with Crippen LogP contribution >= 0.6 is 0 Å². The van der Waals surface area contributed by atoms with Crippen molar-refractivity contribution in [1.82, 2.24) is 10.3 Å². The first-order chi connectivity index (χ1) is 13.1. The summed E-state index contributed by atoms with van der Waals surface area (Å²) in [4.78, 5) is 16.4. The Balaban J connectivity index is 1.46. The van der Waals surface area contributed by atoms with E-state index in [1.54, 1.807) is 36.4 Å². The quantitative estimate of drug-likeness (QED) is 0.665. The molecule has 3 aromatic rings. The fourth-order valence-electron chi connectivity index (χ4n) is 2.50. The van der Waals surface area contributed by atoms with Gasteiger partial charge in [0, 0.05) is 19.3 Å². The van der Waals surface area contributed by atoms with Gasteiger partial charge in [0.05, 0.1) is 5.56 Å². The minimum atomic E-state index is -0.276. The zero-order valence-corrected chi connectivity index (χ0v) is 14.6. The minimum absolute atomic E-state index is 0.213. The van der Waals surface area contributed by atoms with Crippen LogP contribution < -0.4 is 10.6 Å². The average Bonchev–Trinajstić information content (AvgIpc) is 2.69. The molecule has 0 aliphatic rings. The molecular formula is C21H19F2N3O. The number of halogens is 2. The molecule has 3 rings (SSSR count). The topological polar surface area (TPSA) is 54.0 Å². The Morgan fingerprint density at radius 3 is 2.07 bits per heavy atom. The van der Waals surface area contributed by atoms with Crippen molar-refractivity contribution in [3.8, 4) is 0 Å². The lowest BCUT2D eigenvalue weighted by Gasteiger charge is -2.08. The number of nitrogens with one attached hydrogen (secondary N) is 2. The highest BCUT2D eigenvalue weighted by Gasteiger charge is 2.06. The molecule has 0 saturated carbocycles. The van der Waals surface area contributed by atoms with Crippen molar-refractivity contribution >= 4 is 11.7 Å². The van der Waals surface area contributed by atoms with Crippen LogP contribution in [0.1, 0.15) is 21.5 Å². The van der Waals surface area contributed by atoms with E-state index >= 15 is 0 Å².